The second-order valence-electron chi connectivity index (χ2n) is 16.9. The average molecular weight is 833 g/mol. The monoisotopic (exact) mass is 832 g/mol. The molecule has 0 unspecified atom stereocenters. The highest BCUT2D eigenvalue weighted by atomic mass is 16.8. The molecule has 3 aliphatic rings. The summed E-state index contributed by atoms with van der Waals surface area (Å²) in [5, 5.41) is 19.4. The zero-order valence-electron chi connectivity index (χ0n) is 36.9. The molecular weight excluding hydrogens is 764 g/mol. The van der Waals surface area contributed by atoms with Crippen LogP contribution in [0.1, 0.15) is 86.6 Å². The number of oxime groups is 1. The van der Waals surface area contributed by atoms with Crippen molar-refractivity contribution in [3.8, 4) is 0 Å². The number of cyclic esters (lactones) is 1. The average Bonchev–Trinajstić information content (AvgIpc) is 3.52. The van der Waals surface area contributed by atoms with Gasteiger partial charge >= 0.3 is 18.1 Å². The van der Waals surface area contributed by atoms with Gasteiger partial charge in [0.15, 0.2) is 18.0 Å². The van der Waals surface area contributed by atoms with E-state index in [0.717, 1.165) is 5.56 Å². The summed E-state index contributed by atoms with van der Waals surface area (Å²) in [7, 11) is 6.78. The molecule has 0 aliphatic carbocycles. The SMILES string of the molecule is CC[C@H]1OC(=O)[C@H](C)[C@@H](OC(=O)CCNC/C=C/c2cccnc2)[C@H](C)[C@@H](O[C@@H]2O[C@H](C)C[C@H](N(C)C)[C@H]2O)[C@](C)(OC)C[C@@H](C)/C(=N\OC)[C@H](C)[C@H]2OC(=O)O[C@@]21C. The fourth-order valence-electron chi connectivity index (χ4n) is 8.94. The standard InChI is InChI=1S/C43H68N4O12/c1-13-32-43(8)38(58-41(51)59-43)27(4)34(46-53-12)25(2)23-42(7,52-11)37(57-40-35(49)31(47(9)10)22-26(3)54-40)28(5)36(29(6)39(50)55-32)56-33(48)18-21-44-19-14-16-30-17-15-20-45-24-30/h14-17,20,24-29,31-32,35-38,40,44,49H,13,18-19,21-23H2,1-12H3/b16-14+,46-34+/t25-,26-,27+,28+,29-,31+,32-,35-,36+,37-,38-,40+,42-,43-/m1/s1. The van der Waals surface area contributed by atoms with Crippen molar-refractivity contribution in [2.24, 2.45) is 28.8 Å². The number of nitrogens with zero attached hydrogens (tertiary/aromatic N) is 3. The van der Waals surface area contributed by atoms with Gasteiger partial charge in [0.1, 0.15) is 25.4 Å². The van der Waals surface area contributed by atoms with Crippen LogP contribution in [0.25, 0.3) is 6.08 Å². The van der Waals surface area contributed by atoms with Crippen molar-refractivity contribution in [3.05, 3.63) is 36.2 Å². The van der Waals surface area contributed by atoms with Gasteiger partial charge < -0.3 is 53.3 Å². The first-order chi connectivity index (χ1) is 27.9. The molecule has 0 bridgehead atoms. The van der Waals surface area contributed by atoms with Gasteiger partial charge in [-0.1, -0.05) is 51.1 Å². The topological polar surface area (TPSA) is 186 Å². The fraction of sp³-hybridized carbons (Fsp3) is 0.744. The van der Waals surface area contributed by atoms with Crippen molar-refractivity contribution in [2.45, 2.75) is 141 Å². The van der Waals surface area contributed by atoms with Gasteiger partial charge in [-0.2, -0.15) is 0 Å². The number of fused-ring (bicyclic) bond motifs is 1. The molecule has 14 atom stereocenters. The number of hydrogen-bond donors (Lipinski definition) is 2. The number of aromatic nitrogens is 1. The van der Waals surface area contributed by atoms with Crippen LogP contribution in [0.2, 0.25) is 0 Å². The molecule has 1 aromatic heterocycles. The number of aliphatic hydroxyl groups excluding tert-OH is 1. The minimum absolute atomic E-state index is 0.00165. The third kappa shape index (κ3) is 11.6. The second-order valence-corrected chi connectivity index (χ2v) is 16.9. The lowest BCUT2D eigenvalue weighted by Gasteiger charge is -2.48. The van der Waals surface area contributed by atoms with E-state index < -0.39 is 83.9 Å². The molecule has 4 heterocycles. The number of pyridine rings is 1. The van der Waals surface area contributed by atoms with E-state index in [1.807, 2.05) is 84.8 Å². The van der Waals surface area contributed by atoms with E-state index in [1.165, 1.54) is 7.11 Å². The number of rotatable bonds is 13. The van der Waals surface area contributed by atoms with Crippen LogP contribution < -0.4 is 5.32 Å². The molecule has 0 saturated carbocycles. The summed E-state index contributed by atoms with van der Waals surface area (Å²) >= 11 is 0. The quantitative estimate of drug-likeness (QED) is 0.120. The van der Waals surface area contributed by atoms with E-state index in [4.69, 9.17) is 38.0 Å². The lowest BCUT2D eigenvalue weighted by atomic mass is 9.73. The van der Waals surface area contributed by atoms with Gasteiger partial charge in [0.25, 0.3) is 0 Å². The number of ether oxygens (including phenoxy) is 7. The van der Waals surface area contributed by atoms with E-state index in [1.54, 1.807) is 33.4 Å². The molecule has 59 heavy (non-hydrogen) atoms. The Kier molecular flexibility index (Phi) is 17.3. The summed E-state index contributed by atoms with van der Waals surface area (Å²) in [5.74, 6) is -3.97. The molecule has 4 rings (SSSR count). The Morgan fingerprint density at radius 3 is 2.47 bits per heavy atom. The molecule has 3 saturated heterocycles. The van der Waals surface area contributed by atoms with Gasteiger partial charge in [-0.3, -0.25) is 14.6 Å². The number of nitrogens with one attached hydrogen (secondary N) is 1. The number of methoxy groups -OCH3 is 1. The summed E-state index contributed by atoms with van der Waals surface area (Å²) in [6.07, 6.45) is 1.21. The Balaban J connectivity index is 1.76. The van der Waals surface area contributed by atoms with Crippen LogP contribution in [0.3, 0.4) is 0 Å². The number of likely N-dealkylation sites (N-methyl/N-ethyl adjacent to an activating group) is 1. The Morgan fingerprint density at radius 2 is 1.85 bits per heavy atom. The molecule has 332 valence electrons. The summed E-state index contributed by atoms with van der Waals surface area (Å²) in [4.78, 5) is 52.4. The molecular formula is C43H68N4O12. The van der Waals surface area contributed by atoms with Crippen LogP contribution >= 0.6 is 0 Å². The maximum absolute atomic E-state index is 14.4. The van der Waals surface area contributed by atoms with Crippen LogP contribution in [0.4, 0.5) is 4.79 Å². The van der Waals surface area contributed by atoms with E-state index in [9.17, 15) is 19.5 Å². The maximum atomic E-state index is 14.4. The van der Waals surface area contributed by atoms with E-state index >= 15 is 0 Å². The number of carbonyl (C=O) groups excluding carboxylic acids is 3. The zero-order valence-corrected chi connectivity index (χ0v) is 36.9. The third-order valence-corrected chi connectivity index (χ3v) is 12.2. The molecule has 16 heteroatoms. The molecule has 0 radical (unpaired) electrons. The molecule has 3 fully saturated rings. The maximum Gasteiger partial charge on any atom is 0.509 e. The highest BCUT2D eigenvalue weighted by molar-refractivity contribution is 5.89. The van der Waals surface area contributed by atoms with Gasteiger partial charge in [-0.05, 0) is 72.7 Å². The summed E-state index contributed by atoms with van der Waals surface area (Å²) in [6, 6.07) is 3.52. The van der Waals surface area contributed by atoms with Crippen LogP contribution in [-0.4, -0.2) is 140 Å². The van der Waals surface area contributed by atoms with Crippen molar-refractivity contribution in [3.63, 3.8) is 0 Å². The predicted molar refractivity (Wildman–Crippen MR) is 219 cm³/mol. The number of esters is 2. The minimum Gasteiger partial charge on any atom is -0.461 e. The summed E-state index contributed by atoms with van der Waals surface area (Å²) in [5.41, 5.74) is -1.10. The van der Waals surface area contributed by atoms with Crippen LogP contribution in [0, 0.1) is 23.7 Å². The van der Waals surface area contributed by atoms with Crippen molar-refractivity contribution < 1.29 is 57.5 Å². The third-order valence-electron chi connectivity index (χ3n) is 12.2. The van der Waals surface area contributed by atoms with Gasteiger partial charge in [-0.15, -0.1) is 0 Å². The van der Waals surface area contributed by atoms with Crippen LogP contribution in [0.15, 0.2) is 35.8 Å². The van der Waals surface area contributed by atoms with Crippen molar-refractivity contribution in [2.75, 3.05) is 41.4 Å². The highest BCUT2D eigenvalue weighted by Crippen LogP contribution is 2.43. The largest absolute Gasteiger partial charge is 0.509 e. The van der Waals surface area contributed by atoms with Gasteiger partial charge in [-0.25, -0.2) is 4.79 Å². The molecule has 0 spiro atoms. The fourth-order valence-corrected chi connectivity index (χ4v) is 8.94. The predicted octanol–water partition coefficient (Wildman–Crippen LogP) is 4.77. The Labute approximate surface area is 349 Å². The van der Waals surface area contributed by atoms with E-state index in [2.05, 4.69) is 15.5 Å². The number of hydrogen-bond acceptors (Lipinski definition) is 16. The Hall–Kier alpha value is -3.67. The van der Waals surface area contributed by atoms with Crippen molar-refractivity contribution in [1.82, 2.24) is 15.2 Å². The lowest BCUT2D eigenvalue weighted by Crippen LogP contribution is -2.60. The van der Waals surface area contributed by atoms with Crippen molar-refractivity contribution in [1.29, 1.82) is 0 Å². The number of aliphatic hydroxyl groups is 1. The molecule has 16 nitrogen and oxygen atoms in total. The lowest BCUT2D eigenvalue weighted by molar-refractivity contribution is -0.301. The summed E-state index contributed by atoms with van der Waals surface area (Å²) < 4.78 is 43.7. The zero-order chi connectivity index (χ0) is 43.7. The van der Waals surface area contributed by atoms with Crippen LogP contribution in [-0.2, 0) is 47.6 Å². The second kappa shape index (κ2) is 21.2. The first kappa shape index (κ1) is 48.0. The van der Waals surface area contributed by atoms with Gasteiger partial charge in [0.2, 0.25) is 0 Å². The first-order valence-electron chi connectivity index (χ1n) is 20.8. The van der Waals surface area contributed by atoms with Crippen LogP contribution in [0.5, 0.6) is 0 Å². The van der Waals surface area contributed by atoms with Crippen molar-refractivity contribution >= 4 is 29.9 Å². The molecule has 0 amide bonds. The smallest absolute Gasteiger partial charge is 0.461 e. The Morgan fingerprint density at radius 1 is 1.12 bits per heavy atom. The Bertz CT molecular complexity index is 1600. The minimum atomic E-state index is -1.40. The van der Waals surface area contributed by atoms with Gasteiger partial charge in [0, 0.05) is 56.4 Å². The van der Waals surface area contributed by atoms with E-state index in [-0.39, 0.29) is 37.3 Å². The molecule has 1 aromatic rings. The van der Waals surface area contributed by atoms with Gasteiger partial charge in [0.05, 0.1) is 35.9 Å². The highest BCUT2D eigenvalue weighted by Gasteiger charge is 2.59. The molecule has 2 N–H and O–H groups in total. The molecule has 0 aromatic carbocycles. The molecule has 3 aliphatic heterocycles. The number of carbonyl (C=O) groups is 3. The summed E-state index contributed by atoms with van der Waals surface area (Å²) in [6.45, 7) is 15.4. The first-order valence-corrected chi connectivity index (χ1v) is 20.8. The normalized spacial score (nSPS) is 38.0. The van der Waals surface area contributed by atoms with E-state index in [0.29, 0.717) is 25.2 Å².